The maximum Gasteiger partial charge on any atom is 0.137 e. The molecule has 2 rings (SSSR count). The third kappa shape index (κ3) is 2.95. The van der Waals surface area contributed by atoms with Crippen LogP contribution in [0.15, 0.2) is 6.07 Å². The number of rotatable bonds is 4. The fourth-order valence-corrected chi connectivity index (χ4v) is 3.71. The quantitative estimate of drug-likeness (QED) is 0.833. The van der Waals surface area contributed by atoms with Crippen molar-refractivity contribution in [1.82, 2.24) is 4.98 Å². The van der Waals surface area contributed by atoms with E-state index in [4.69, 9.17) is 18.0 Å². The van der Waals surface area contributed by atoms with Crippen LogP contribution >= 0.6 is 12.2 Å². The standard InChI is InChI=1S/C16H25N3S/c1-5-12-6-7-13(11(12)4)19-16-14(15(17)20)9(2)8-10(3)18-16/h8,11-13H,5-7H2,1-4H3,(H2,17,20)(H,18,19). The summed E-state index contributed by atoms with van der Waals surface area (Å²) in [6.07, 6.45) is 3.75. The highest BCUT2D eigenvalue weighted by Crippen LogP contribution is 2.36. The first-order valence-electron chi connectivity index (χ1n) is 7.48. The lowest BCUT2D eigenvalue weighted by Crippen LogP contribution is -2.27. The highest BCUT2D eigenvalue weighted by Gasteiger charge is 2.32. The number of hydrogen-bond acceptors (Lipinski definition) is 3. The summed E-state index contributed by atoms with van der Waals surface area (Å²) in [4.78, 5) is 5.05. The van der Waals surface area contributed by atoms with Crippen molar-refractivity contribution in [3.05, 3.63) is 22.9 Å². The second kappa shape index (κ2) is 6.08. The largest absolute Gasteiger partial charge is 0.389 e. The summed E-state index contributed by atoms with van der Waals surface area (Å²) in [7, 11) is 0. The fourth-order valence-electron chi connectivity index (χ4n) is 3.46. The molecule has 1 saturated carbocycles. The van der Waals surface area contributed by atoms with Gasteiger partial charge in [0.2, 0.25) is 0 Å². The van der Waals surface area contributed by atoms with Crippen LogP contribution in [0.1, 0.15) is 49.9 Å². The smallest absolute Gasteiger partial charge is 0.137 e. The lowest BCUT2D eigenvalue weighted by Gasteiger charge is -2.23. The zero-order valence-electron chi connectivity index (χ0n) is 12.9. The number of nitrogens with zero attached hydrogens (tertiary/aromatic N) is 1. The minimum atomic E-state index is 0.426. The molecular formula is C16H25N3S. The molecular weight excluding hydrogens is 266 g/mol. The molecule has 0 spiro atoms. The molecule has 3 unspecified atom stereocenters. The van der Waals surface area contributed by atoms with Crippen LogP contribution in [0.25, 0.3) is 0 Å². The minimum Gasteiger partial charge on any atom is -0.389 e. The molecule has 1 aliphatic carbocycles. The predicted octanol–water partition coefficient (Wildman–Crippen LogP) is 3.57. The van der Waals surface area contributed by atoms with Crippen molar-refractivity contribution in [3.63, 3.8) is 0 Å². The molecule has 1 aliphatic rings. The monoisotopic (exact) mass is 291 g/mol. The Kier molecular flexibility index (Phi) is 4.63. The van der Waals surface area contributed by atoms with Crippen LogP contribution in [0.2, 0.25) is 0 Å². The Morgan fingerprint density at radius 1 is 1.45 bits per heavy atom. The van der Waals surface area contributed by atoms with Gasteiger partial charge in [0.1, 0.15) is 10.8 Å². The van der Waals surface area contributed by atoms with Crippen molar-refractivity contribution in [1.29, 1.82) is 0 Å². The van der Waals surface area contributed by atoms with Gasteiger partial charge in [0.05, 0.1) is 5.56 Å². The van der Waals surface area contributed by atoms with Gasteiger partial charge in [-0.2, -0.15) is 0 Å². The van der Waals surface area contributed by atoms with Crippen LogP contribution < -0.4 is 11.1 Å². The normalized spacial score (nSPS) is 25.7. The molecule has 1 heterocycles. The van der Waals surface area contributed by atoms with Crippen molar-refractivity contribution in [2.75, 3.05) is 5.32 Å². The van der Waals surface area contributed by atoms with Gasteiger partial charge in [-0.3, -0.25) is 0 Å². The summed E-state index contributed by atoms with van der Waals surface area (Å²) < 4.78 is 0. The Morgan fingerprint density at radius 2 is 2.15 bits per heavy atom. The number of hydrogen-bond donors (Lipinski definition) is 2. The molecule has 3 atom stereocenters. The van der Waals surface area contributed by atoms with Gasteiger partial charge in [0.25, 0.3) is 0 Å². The van der Waals surface area contributed by atoms with Gasteiger partial charge in [0, 0.05) is 11.7 Å². The van der Waals surface area contributed by atoms with Gasteiger partial charge >= 0.3 is 0 Å². The Balaban J connectivity index is 2.27. The van der Waals surface area contributed by atoms with Crippen molar-refractivity contribution in [2.45, 2.75) is 53.0 Å². The summed E-state index contributed by atoms with van der Waals surface area (Å²) in [5, 5.41) is 3.61. The molecule has 4 heteroatoms. The molecule has 1 fully saturated rings. The molecule has 1 aromatic heterocycles. The molecule has 0 radical (unpaired) electrons. The van der Waals surface area contributed by atoms with Gasteiger partial charge in [-0.1, -0.05) is 32.5 Å². The van der Waals surface area contributed by atoms with E-state index < -0.39 is 0 Å². The molecule has 0 saturated heterocycles. The van der Waals surface area contributed by atoms with Gasteiger partial charge in [-0.25, -0.2) is 4.98 Å². The average Bonchev–Trinajstić information content (AvgIpc) is 2.69. The summed E-state index contributed by atoms with van der Waals surface area (Å²) in [5.74, 6) is 2.34. The molecule has 20 heavy (non-hydrogen) atoms. The van der Waals surface area contributed by atoms with Crippen molar-refractivity contribution < 1.29 is 0 Å². The van der Waals surface area contributed by atoms with E-state index in [2.05, 4.69) is 24.1 Å². The number of pyridine rings is 1. The summed E-state index contributed by atoms with van der Waals surface area (Å²) in [6.45, 7) is 8.66. The Hall–Kier alpha value is -1.16. The van der Waals surface area contributed by atoms with Gasteiger partial charge in [-0.05, 0) is 50.2 Å². The number of nitrogens with one attached hydrogen (secondary N) is 1. The van der Waals surface area contributed by atoms with Crippen molar-refractivity contribution >= 4 is 23.0 Å². The minimum absolute atomic E-state index is 0.426. The highest BCUT2D eigenvalue weighted by molar-refractivity contribution is 7.80. The van der Waals surface area contributed by atoms with E-state index in [1.807, 2.05) is 19.9 Å². The molecule has 1 aromatic rings. The second-order valence-corrected chi connectivity index (χ2v) is 6.46. The Morgan fingerprint density at radius 3 is 2.70 bits per heavy atom. The lowest BCUT2D eigenvalue weighted by atomic mass is 9.93. The Labute approximate surface area is 127 Å². The summed E-state index contributed by atoms with van der Waals surface area (Å²) in [5.41, 5.74) is 8.88. The maximum atomic E-state index is 5.88. The Bertz CT molecular complexity index is 513. The molecule has 3 N–H and O–H groups in total. The van der Waals surface area contributed by atoms with Crippen molar-refractivity contribution in [3.8, 4) is 0 Å². The molecule has 0 aromatic carbocycles. The van der Waals surface area contributed by atoms with Crippen LogP contribution in [0.5, 0.6) is 0 Å². The van der Waals surface area contributed by atoms with E-state index in [1.54, 1.807) is 0 Å². The average molecular weight is 291 g/mol. The first-order chi connectivity index (χ1) is 9.43. The van der Waals surface area contributed by atoms with E-state index in [-0.39, 0.29) is 0 Å². The van der Waals surface area contributed by atoms with Gasteiger partial charge in [0.15, 0.2) is 0 Å². The first-order valence-corrected chi connectivity index (χ1v) is 7.89. The SMILES string of the molecule is CCC1CCC(Nc2nc(C)cc(C)c2C(N)=S)C1C. The van der Waals surface area contributed by atoms with Crippen molar-refractivity contribution in [2.24, 2.45) is 17.6 Å². The van der Waals surface area contributed by atoms with E-state index in [0.717, 1.165) is 28.6 Å². The molecule has 0 aliphatic heterocycles. The first kappa shape index (κ1) is 15.2. The van der Waals surface area contributed by atoms with Crippen LogP contribution in [-0.2, 0) is 0 Å². The molecule has 0 amide bonds. The van der Waals surface area contributed by atoms with Gasteiger partial charge in [-0.15, -0.1) is 0 Å². The second-order valence-electron chi connectivity index (χ2n) is 6.02. The maximum absolute atomic E-state index is 5.88. The molecule has 0 bridgehead atoms. The zero-order valence-corrected chi connectivity index (χ0v) is 13.7. The highest BCUT2D eigenvalue weighted by atomic mass is 32.1. The predicted molar refractivity (Wildman–Crippen MR) is 89.2 cm³/mol. The number of anilines is 1. The van der Waals surface area contributed by atoms with Crippen LogP contribution in [0.3, 0.4) is 0 Å². The number of thiocarbonyl (C=S) groups is 1. The third-order valence-electron chi connectivity index (χ3n) is 4.66. The number of aryl methyl sites for hydroxylation is 2. The third-order valence-corrected chi connectivity index (χ3v) is 4.87. The van der Waals surface area contributed by atoms with E-state index in [1.165, 1.54) is 19.3 Å². The zero-order chi connectivity index (χ0) is 14.9. The molecule has 110 valence electrons. The van der Waals surface area contributed by atoms with Gasteiger partial charge < -0.3 is 11.1 Å². The van der Waals surface area contributed by atoms with E-state index in [9.17, 15) is 0 Å². The summed E-state index contributed by atoms with van der Waals surface area (Å²) >= 11 is 5.19. The molecule has 3 nitrogen and oxygen atoms in total. The summed E-state index contributed by atoms with van der Waals surface area (Å²) in [6, 6.07) is 2.51. The number of nitrogens with two attached hydrogens (primary N) is 1. The van der Waals surface area contributed by atoms with Crippen LogP contribution in [0.4, 0.5) is 5.82 Å². The topological polar surface area (TPSA) is 50.9 Å². The van der Waals surface area contributed by atoms with Crippen LogP contribution in [-0.4, -0.2) is 16.0 Å². The number of aromatic nitrogens is 1. The van der Waals surface area contributed by atoms with Crippen LogP contribution in [0, 0.1) is 25.7 Å². The fraction of sp³-hybridized carbons (Fsp3) is 0.625. The lowest BCUT2D eigenvalue weighted by molar-refractivity contribution is 0.391. The van der Waals surface area contributed by atoms with E-state index >= 15 is 0 Å². The van der Waals surface area contributed by atoms with E-state index in [0.29, 0.717) is 16.9 Å².